The van der Waals surface area contributed by atoms with E-state index in [0.717, 1.165) is 32.1 Å². The SMILES string of the molecule is CCCCCC/C=C/CC/C=C/C(O)C(CO)NC(=O)CCCCCCCCCCCCC/C=C\CCCCCCCCCC. The van der Waals surface area contributed by atoms with Crippen LogP contribution < -0.4 is 5.32 Å². The van der Waals surface area contributed by atoms with E-state index in [1.54, 1.807) is 6.08 Å². The Kier molecular flexibility index (Phi) is 35.9. The van der Waals surface area contributed by atoms with Gasteiger partial charge in [0.15, 0.2) is 0 Å². The molecule has 0 radical (unpaired) electrons. The molecule has 2 unspecified atom stereocenters. The monoisotopic (exact) mass is 632 g/mol. The number of unbranched alkanes of at least 4 members (excludes halogenated alkanes) is 24. The lowest BCUT2D eigenvalue weighted by Gasteiger charge is -2.19. The molecule has 45 heavy (non-hydrogen) atoms. The van der Waals surface area contributed by atoms with Gasteiger partial charge >= 0.3 is 0 Å². The highest BCUT2D eigenvalue weighted by atomic mass is 16.3. The van der Waals surface area contributed by atoms with E-state index in [1.165, 1.54) is 148 Å². The van der Waals surface area contributed by atoms with Crippen LogP contribution in [-0.2, 0) is 4.79 Å². The second-order valence-corrected chi connectivity index (χ2v) is 13.3. The molecule has 0 fully saturated rings. The molecule has 0 spiro atoms. The van der Waals surface area contributed by atoms with Gasteiger partial charge in [0.2, 0.25) is 5.91 Å². The molecule has 0 bridgehead atoms. The summed E-state index contributed by atoms with van der Waals surface area (Å²) in [7, 11) is 0. The Hall–Kier alpha value is -1.39. The van der Waals surface area contributed by atoms with Crippen molar-refractivity contribution in [3.05, 3.63) is 36.5 Å². The van der Waals surface area contributed by atoms with Gasteiger partial charge in [0.25, 0.3) is 0 Å². The topological polar surface area (TPSA) is 69.6 Å². The lowest BCUT2D eigenvalue weighted by Crippen LogP contribution is -2.45. The maximum atomic E-state index is 12.3. The van der Waals surface area contributed by atoms with E-state index in [-0.39, 0.29) is 12.5 Å². The number of carbonyl (C=O) groups excluding carboxylic acids is 1. The summed E-state index contributed by atoms with van der Waals surface area (Å²) in [5.74, 6) is -0.0773. The van der Waals surface area contributed by atoms with Gasteiger partial charge in [-0.3, -0.25) is 4.79 Å². The minimum atomic E-state index is -0.858. The third-order valence-corrected chi connectivity index (χ3v) is 8.85. The zero-order chi connectivity index (χ0) is 32.9. The molecule has 4 heteroatoms. The minimum absolute atomic E-state index is 0.0773. The largest absolute Gasteiger partial charge is 0.394 e. The van der Waals surface area contributed by atoms with Gasteiger partial charge in [-0.15, -0.1) is 0 Å². The fourth-order valence-corrected chi connectivity index (χ4v) is 5.78. The first-order valence-electron chi connectivity index (χ1n) is 19.7. The van der Waals surface area contributed by atoms with Crippen molar-refractivity contribution in [2.45, 2.75) is 212 Å². The Labute approximate surface area is 281 Å². The van der Waals surface area contributed by atoms with Crippen LogP contribution in [0.5, 0.6) is 0 Å². The van der Waals surface area contributed by atoms with E-state index in [9.17, 15) is 15.0 Å². The summed E-state index contributed by atoms with van der Waals surface area (Å²) in [4.78, 5) is 12.3. The smallest absolute Gasteiger partial charge is 0.220 e. The van der Waals surface area contributed by atoms with Gasteiger partial charge in [-0.1, -0.05) is 172 Å². The van der Waals surface area contributed by atoms with E-state index >= 15 is 0 Å². The maximum Gasteiger partial charge on any atom is 0.220 e. The molecular weight excluding hydrogens is 554 g/mol. The van der Waals surface area contributed by atoms with Gasteiger partial charge in [0, 0.05) is 6.42 Å². The summed E-state index contributed by atoms with van der Waals surface area (Å²) in [6.07, 6.45) is 48.2. The number of amides is 1. The molecule has 264 valence electrons. The molecule has 1 amide bonds. The Bertz CT molecular complexity index is 686. The van der Waals surface area contributed by atoms with Gasteiger partial charge < -0.3 is 15.5 Å². The van der Waals surface area contributed by atoms with Gasteiger partial charge in [-0.25, -0.2) is 0 Å². The number of nitrogens with one attached hydrogen (secondary N) is 1. The summed E-state index contributed by atoms with van der Waals surface area (Å²) in [5, 5.41) is 22.8. The second-order valence-electron chi connectivity index (χ2n) is 13.3. The Balaban J connectivity index is 3.54. The number of rotatable bonds is 35. The van der Waals surface area contributed by atoms with Crippen LogP contribution in [-0.4, -0.2) is 34.9 Å². The van der Waals surface area contributed by atoms with Crippen LogP contribution in [0.4, 0.5) is 0 Å². The quantitative estimate of drug-likeness (QED) is 0.0481. The highest BCUT2D eigenvalue weighted by Gasteiger charge is 2.17. The number of aliphatic hydroxyl groups is 2. The molecule has 2 atom stereocenters. The van der Waals surface area contributed by atoms with Gasteiger partial charge in [-0.2, -0.15) is 0 Å². The molecule has 0 aromatic rings. The van der Waals surface area contributed by atoms with Gasteiger partial charge in [-0.05, 0) is 57.8 Å². The van der Waals surface area contributed by atoms with Crippen molar-refractivity contribution in [2.24, 2.45) is 0 Å². The number of aliphatic hydroxyl groups excluding tert-OH is 2. The first kappa shape index (κ1) is 43.6. The fraction of sp³-hybridized carbons (Fsp3) is 0.829. The zero-order valence-corrected chi connectivity index (χ0v) is 30.1. The Morgan fingerprint density at radius 3 is 1.31 bits per heavy atom. The van der Waals surface area contributed by atoms with Crippen molar-refractivity contribution in [3.8, 4) is 0 Å². The summed E-state index contributed by atoms with van der Waals surface area (Å²) < 4.78 is 0. The summed E-state index contributed by atoms with van der Waals surface area (Å²) >= 11 is 0. The van der Waals surface area contributed by atoms with E-state index < -0.39 is 12.1 Å². The van der Waals surface area contributed by atoms with Crippen LogP contribution in [0.25, 0.3) is 0 Å². The molecule has 0 heterocycles. The minimum Gasteiger partial charge on any atom is -0.394 e. The Morgan fingerprint density at radius 2 is 0.867 bits per heavy atom. The van der Waals surface area contributed by atoms with Crippen molar-refractivity contribution in [1.29, 1.82) is 0 Å². The van der Waals surface area contributed by atoms with Crippen LogP contribution in [0.15, 0.2) is 36.5 Å². The standard InChI is InChI=1S/C41H77NO3/c1-3-5-7-9-11-13-15-16-17-18-19-20-21-22-23-24-25-26-27-29-31-33-35-37-41(45)42-39(38-43)40(44)36-34-32-30-28-14-12-10-8-6-4-2/h14,18-19,28,34,36,39-40,43-44H,3-13,15-17,20-27,29-33,35,37-38H2,1-2H3,(H,42,45)/b19-18-,28-14+,36-34+. The van der Waals surface area contributed by atoms with Crippen LogP contribution in [0.1, 0.15) is 200 Å². The molecule has 3 N–H and O–H groups in total. The van der Waals surface area contributed by atoms with Crippen molar-refractivity contribution in [3.63, 3.8) is 0 Å². The highest BCUT2D eigenvalue weighted by Crippen LogP contribution is 2.14. The normalized spacial score (nSPS) is 13.4. The van der Waals surface area contributed by atoms with Gasteiger partial charge in [0.05, 0.1) is 18.8 Å². The van der Waals surface area contributed by atoms with Crippen molar-refractivity contribution >= 4 is 5.91 Å². The average Bonchev–Trinajstić information content (AvgIpc) is 3.04. The first-order valence-corrected chi connectivity index (χ1v) is 19.7. The number of allylic oxidation sites excluding steroid dienone is 5. The number of hydrogen-bond acceptors (Lipinski definition) is 3. The molecule has 0 saturated carbocycles. The van der Waals surface area contributed by atoms with E-state index in [2.05, 4.69) is 43.5 Å². The maximum absolute atomic E-state index is 12.3. The summed E-state index contributed by atoms with van der Waals surface area (Å²) in [6, 6.07) is -0.635. The lowest BCUT2D eigenvalue weighted by atomic mass is 10.0. The number of hydrogen-bond donors (Lipinski definition) is 3. The zero-order valence-electron chi connectivity index (χ0n) is 30.1. The van der Waals surface area contributed by atoms with Crippen LogP contribution >= 0.6 is 0 Å². The average molecular weight is 632 g/mol. The van der Waals surface area contributed by atoms with E-state index in [1.807, 2.05) is 6.08 Å². The van der Waals surface area contributed by atoms with Crippen LogP contribution in [0, 0.1) is 0 Å². The van der Waals surface area contributed by atoms with E-state index in [0.29, 0.717) is 6.42 Å². The molecule has 0 rings (SSSR count). The molecule has 0 saturated heterocycles. The predicted octanol–water partition coefficient (Wildman–Crippen LogP) is 11.8. The molecule has 4 nitrogen and oxygen atoms in total. The summed E-state index contributed by atoms with van der Waals surface area (Å²) in [6.45, 7) is 4.25. The second kappa shape index (κ2) is 37.1. The van der Waals surface area contributed by atoms with E-state index in [4.69, 9.17) is 0 Å². The molecule has 0 aliphatic rings. The molecular formula is C41H77NO3. The highest BCUT2D eigenvalue weighted by molar-refractivity contribution is 5.76. The number of carbonyl (C=O) groups is 1. The molecule has 0 aromatic carbocycles. The van der Waals surface area contributed by atoms with Crippen molar-refractivity contribution in [2.75, 3.05) is 6.61 Å². The predicted molar refractivity (Wildman–Crippen MR) is 198 cm³/mol. The Morgan fingerprint density at radius 1 is 0.511 bits per heavy atom. The van der Waals surface area contributed by atoms with Crippen LogP contribution in [0.3, 0.4) is 0 Å². The fourth-order valence-electron chi connectivity index (χ4n) is 5.78. The van der Waals surface area contributed by atoms with Crippen molar-refractivity contribution < 1.29 is 15.0 Å². The molecule has 0 aliphatic heterocycles. The van der Waals surface area contributed by atoms with Crippen molar-refractivity contribution in [1.82, 2.24) is 5.32 Å². The third-order valence-electron chi connectivity index (χ3n) is 8.85. The van der Waals surface area contributed by atoms with Crippen LogP contribution in [0.2, 0.25) is 0 Å². The first-order chi connectivity index (χ1) is 22.2. The van der Waals surface area contributed by atoms with Gasteiger partial charge in [0.1, 0.15) is 0 Å². The molecule has 0 aromatic heterocycles. The third kappa shape index (κ3) is 33.8. The summed E-state index contributed by atoms with van der Waals surface area (Å²) in [5.41, 5.74) is 0. The lowest BCUT2D eigenvalue weighted by molar-refractivity contribution is -0.123. The molecule has 0 aliphatic carbocycles.